The maximum atomic E-state index is 11.3. The molecule has 0 atom stereocenters. The van der Waals surface area contributed by atoms with Crippen molar-refractivity contribution in [3.63, 3.8) is 0 Å². The van der Waals surface area contributed by atoms with Crippen LogP contribution in [0, 0.1) is 32.1 Å². The molecular weight excluding hydrogens is 252 g/mol. The van der Waals surface area contributed by atoms with Crippen LogP contribution in [-0.4, -0.2) is 31.2 Å². The average molecular weight is 272 g/mol. The minimum absolute atomic E-state index is 0.149. The monoisotopic (exact) mass is 272 g/mol. The molecule has 106 valence electrons. The van der Waals surface area contributed by atoms with Gasteiger partial charge in [-0.15, -0.1) is 0 Å². The second-order valence-corrected chi connectivity index (χ2v) is 4.97. The summed E-state index contributed by atoms with van der Waals surface area (Å²) in [4.78, 5) is 17.5. The second-order valence-electron chi connectivity index (χ2n) is 4.97. The lowest BCUT2D eigenvalue weighted by molar-refractivity contribution is -0.114. The molecule has 0 unspecified atom stereocenters. The number of nitrogens with one attached hydrogen (secondary N) is 1. The van der Waals surface area contributed by atoms with Crippen LogP contribution in [0.2, 0.25) is 0 Å². The van der Waals surface area contributed by atoms with Crippen molar-refractivity contribution < 1.29 is 4.79 Å². The molecule has 1 aromatic carbocycles. The fraction of sp³-hybridized carbons (Fsp3) is 0.400. The van der Waals surface area contributed by atoms with Gasteiger partial charge in [0.1, 0.15) is 6.07 Å². The third-order valence-corrected chi connectivity index (χ3v) is 3.11. The number of amides is 1. The summed E-state index contributed by atoms with van der Waals surface area (Å²) in [6.45, 7) is 7.11. The van der Waals surface area contributed by atoms with Crippen LogP contribution in [-0.2, 0) is 4.79 Å². The van der Waals surface area contributed by atoms with Crippen molar-refractivity contribution in [2.75, 3.05) is 19.4 Å². The molecule has 0 fully saturated rings. The van der Waals surface area contributed by atoms with Crippen molar-refractivity contribution in [3.8, 4) is 6.07 Å². The lowest BCUT2D eigenvalue weighted by Crippen LogP contribution is -2.11. The fourth-order valence-corrected chi connectivity index (χ4v) is 1.97. The Bertz CT molecular complexity index is 610. The third-order valence-electron chi connectivity index (χ3n) is 3.11. The molecule has 0 bridgehead atoms. The molecule has 0 saturated heterocycles. The number of hydrogen-bond acceptors (Lipinski definition) is 3. The molecule has 5 heteroatoms. The average Bonchev–Trinajstić information content (AvgIpc) is 2.36. The molecule has 20 heavy (non-hydrogen) atoms. The van der Waals surface area contributed by atoms with Crippen LogP contribution < -0.4 is 5.32 Å². The van der Waals surface area contributed by atoms with Crippen molar-refractivity contribution in [2.45, 2.75) is 27.7 Å². The number of nitrogens with zero attached hydrogens (tertiary/aromatic N) is 3. The molecule has 0 aliphatic carbocycles. The van der Waals surface area contributed by atoms with E-state index < -0.39 is 0 Å². The number of aliphatic imine (C=N–C) groups is 1. The smallest absolute Gasteiger partial charge is 0.221 e. The van der Waals surface area contributed by atoms with Crippen LogP contribution in [0.1, 0.15) is 29.2 Å². The summed E-state index contributed by atoms with van der Waals surface area (Å²) in [5.74, 6) is -0.149. The van der Waals surface area contributed by atoms with E-state index in [4.69, 9.17) is 0 Å². The van der Waals surface area contributed by atoms with Gasteiger partial charge in [0.2, 0.25) is 5.91 Å². The zero-order valence-corrected chi connectivity index (χ0v) is 12.8. The number of carbonyl (C=O) groups excluding carboxylic acids is 1. The van der Waals surface area contributed by atoms with Crippen LogP contribution in [0.25, 0.3) is 0 Å². The normalized spacial score (nSPS) is 10.4. The van der Waals surface area contributed by atoms with Gasteiger partial charge in [-0.25, -0.2) is 4.99 Å². The Morgan fingerprint density at radius 3 is 2.30 bits per heavy atom. The first kappa shape index (κ1) is 15.7. The highest BCUT2D eigenvalue weighted by molar-refractivity contribution is 5.92. The van der Waals surface area contributed by atoms with Gasteiger partial charge in [0.05, 0.1) is 17.6 Å². The standard InChI is InChI=1S/C15H20N4O/c1-9-10(2)15(17-8-19(5)6)13(7-16)11(3)14(9)18-12(4)20/h8H,1-6H3,(H,18,20). The number of benzene rings is 1. The van der Waals surface area contributed by atoms with Crippen LogP contribution in [0.3, 0.4) is 0 Å². The molecular formula is C15H20N4O. The first-order valence-corrected chi connectivity index (χ1v) is 6.31. The molecule has 0 heterocycles. The Kier molecular flexibility index (Phi) is 4.87. The summed E-state index contributed by atoms with van der Waals surface area (Å²) in [5, 5.41) is 12.2. The van der Waals surface area contributed by atoms with E-state index in [1.165, 1.54) is 6.92 Å². The molecule has 0 aliphatic heterocycles. The second kappa shape index (κ2) is 6.20. The van der Waals surface area contributed by atoms with E-state index in [2.05, 4.69) is 16.4 Å². The summed E-state index contributed by atoms with van der Waals surface area (Å²) in [5.41, 5.74) is 4.43. The zero-order chi connectivity index (χ0) is 15.4. The van der Waals surface area contributed by atoms with Crippen molar-refractivity contribution >= 4 is 23.6 Å². The van der Waals surface area contributed by atoms with Crippen molar-refractivity contribution in [3.05, 3.63) is 22.3 Å². The lowest BCUT2D eigenvalue weighted by Gasteiger charge is -2.17. The number of rotatable bonds is 3. The van der Waals surface area contributed by atoms with E-state index in [1.807, 2.05) is 39.8 Å². The van der Waals surface area contributed by atoms with Crippen LogP contribution >= 0.6 is 0 Å². The van der Waals surface area contributed by atoms with E-state index >= 15 is 0 Å². The lowest BCUT2D eigenvalue weighted by atomic mass is 9.95. The Morgan fingerprint density at radius 1 is 1.25 bits per heavy atom. The molecule has 0 radical (unpaired) electrons. The van der Waals surface area contributed by atoms with Crippen molar-refractivity contribution in [1.29, 1.82) is 5.26 Å². The summed E-state index contributed by atoms with van der Waals surface area (Å²) in [7, 11) is 3.74. The number of carbonyl (C=O) groups is 1. The van der Waals surface area contributed by atoms with Crippen LogP contribution in [0.5, 0.6) is 0 Å². The quantitative estimate of drug-likeness (QED) is 0.679. The largest absolute Gasteiger partial charge is 0.369 e. The van der Waals surface area contributed by atoms with E-state index in [0.717, 1.165) is 16.7 Å². The molecule has 0 aliphatic rings. The number of nitriles is 1. The van der Waals surface area contributed by atoms with Gasteiger partial charge in [0.25, 0.3) is 0 Å². The molecule has 1 amide bonds. The van der Waals surface area contributed by atoms with E-state index in [0.29, 0.717) is 16.9 Å². The first-order chi connectivity index (χ1) is 9.29. The highest BCUT2D eigenvalue weighted by Crippen LogP contribution is 2.35. The fourth-order valence-electron chi connectivity index (χ4n) is 1.97. The van der Waals surface area contributed by atoms with Gasteiger partial charge in [-0.3, -0.25) is 4.79 Å². The van der Waals surface area contributed by atoms with Crippen molar-refractivity contribution in [2.24, 2.45) is 4.99 Å². The topological polar surface area (TPSA) is 68.5 Å². The predicted octanol–water partition coefficient (Wildman–Crippen LogP) is 2.66. The van der Waals surface area contributed by atoms with Gasteiger partial charge < -0.3 is 10.2 Å². The minimum atomic E-state index is -0.149. The molecule has 1 N–H and O–H groups in total. The van der Waals surface area contributed by atoms with Crippen LogP contribution in [0.4, 0.5) is 11.4 Å². The first-order valence-electron chi connectivity index (χ1n) is 6.31. The highest BCUT2D eigenvalue weighted by atomic mass is 16.1. The van der Waals surface area contributed by atoms with Crippen molar-refractivity contribution in [1.82, 2.24) is 4.90 Å². The third kappa shape index (κ3) is 3.15. The maximum absolute atomic E-state index is 11.3. The Hall–Kier alpha value is -2.35. The number of hydrogen-bond donors (Lipinski definition) is 1. The van der Waals surface area contributed by atoms with E-state index in [1.54, 1.807) is 6.34 Å². The molecule has 5 nitrogen and oxygen atoms in total. The molecule has 0 aromatic heterocycles. The van der Waals surface area contributed by atoms with Gasteiger partial charge in [0.15, 0.2) is 0 Å². The summed E-state index contributed by atoms with van der Waals surface area (Å²) in [6.07, 6.45) is 1.67. The van der Waals surface area contributed by atoms with E-state index in [9.17, 15) is 10.1 Å². The summed E-state index contributed by atoms with van der Waals surface area (Å²) >= 11 is 0. The van der Waals surface area contributed by atoms with Gasteiger partial charge in [0, 0.05) is 26.7 Å². The summed E-state index contributed by atoms with van der Waals surface area (Å²) < 4.78 is 0. The Balaban J connectivity index is 3.57. The Labute approximate surface area is 119 Å². The van der Waals surface area contributed by atoms with Gasteiger partial charge in [-0.2, -0.15) is 5.26 Å². The zero-order valence-electron chi connectivity index (χ0n) is 12.8. The Morgan fingerprint density at radius 2 is 1.85 bits per heavy atom. The summed E-state index contributed by atoms with van der Waals surface area (Å²) in [6, 6.07) is 2.19. The molecule has 1 rings (SSSR count). The highest BCUT2D eigenvalue weighted by Gasteiger charge is 2.17. The SMILES string of the molecule is CC(=O)Nc1c(C)c(C)c(N=CN(C)C)c(C#N)c1C. The molecule has 1 aromatic rings. The maximum Gasteiger partial charge on any atom is 0.221 e. The predicted molar refractivity (Wildman–Crippen MR) is 81.5 cm³/mol. The molecule has 0 spiro atoms. The minimum Gasteiger partial charge on any atom is -0.369 e. The number of anilines is 1. The van der Waals surface area contributed by atoms with Gasteiger partial charge in [-0.1, -0.05) is 0 Å². The molecule has 0 saturated carbocycles. The van der Waals surface area contributed by atoms with E-state index in [-0.39, 0.29) is 5.91 Å². The van der Waals surface area contributed by atoms with Crippen LogP contribution in [0.15, 0.2) is 4.99 Å². The van der Waals surface area contributed by atoms with Gasteiger partial charge >= 0.3 is 0 Å². The van der Waals surface area contributed by atoms with Gasteiger partial charge in [-0.05, 0) is 37.5 Å².